The number of hydrogen-bond acceptors (Lipinski definition) is 3. The average molecular weight is 195 g/mol. The smallest absolute Gasteiger partial charge is 0.186 e. The fraction of sp³-hybridized carbons (Fsp3) is 0.600. The molecule has 0 bridgehead atoms. The summed E-state index contributed by atoms with van der Waals surface area (Å²) in [7, 11) is 0. The van der Waals surface area contributed by atoms with Crippen molar-refractivity contribution in [3.05, 3.63) is 17.8 Å². The highest BCUT2D eigenvalue weighted by Crippen LogP contribution is 2.34. The third kappa shape index (κ3) is 1.56. The Morgan fingerprint density at radius 3 is 2.71 bits per heavy atom. The number of nitrogens with one attached hydrogen (secondary N) is 1. The van der Waals surface area contributed by atoms with E-state index < -0.39 is 0 Å². The summed E-state index contributed by atoms with van der Waals surface area (Å²) in [4.78, 5) is 7.70. The zero-order valence-electron chi connectivity index (χ0n) is 8.47. The van der Waals surface area contributed by atoms with E-state index in [0.717, 1.165) is 12.8 Å². The second-order valence-electron chi connectivity index (χ2n) is 4.16. The van der Waals surface area contributed by atoms with Gasteiger partial charge in [0.05, 0.1) is 5.69 Å². The van der Waals surface area contributed by atoms with Crippen LogP contribution in [-0.2, 0) is 0 Å². The number of anilines is 1. The van der Waals surface area contributed by atoms with Crippen LogP contribution in [0.25, 0.3) is 0 Å². The molecule has 4 heteroatoms. The molecule has 76 valence electrons. The van der Waals surface area contributed by atoms with E-state index in [-0.39, 0.29) is 11.4 Å². The largest absolute Gasteiger partial charge is 0.362 e. The topological polar surface area (TPSA) is 37.8 Å². The van der Waals surface area contributed by atoms with Gasteiger partial charge in [0.15, 0.2) is 11.6 Å². The monoisotopic (exact) mass is 195 g/mol. The van der Waals surface area contributed by atoms with E-state index in [4.69, 9.17) is 0 Å². The van der Waals surface area contributed by atoms with Gasteiger partial charge in [0.2, 0.25) is 0 Å². The molecule has 0 spiro atoms. The molecular formula is C10H14FN3. The third-order valence-electron chi connectivity index (χ3n) is 2.84. The van der Waals surface area contributed by atoms with Crippen molar-refractivity contribution in [1.29, 1.82) is 0 Å². The Morgan fingerprint density at radius 1 is 1.43 bits per heavy atom. The Balaban J connectivity index is 2.20. The fourth-order valence-corrected chi connectivity index (χ4v) is 1.66. The van der Waals surface area contributed by atoms with Gasteiger partial charge in [0.25, 0.3) is 0 Å². The average Bonchev–Trinajstić information content (AvgIpc) is 2.10. The molecule has 0 aliphatic heterocycles. The van der Waals surface area contributed by atoms with Gasteiger partial charge in [-0.05, 0) is 33.1 Å². The van der Waals surface area contributed by atoms with Gasteiger partial charge < -0.3 is 5.32 Å². The molecule has 1 heterocycles. The second-order valence-corrected chi connectivity index (χ2v) is 4.16. The first-order valence-electron chi connectivity index (χ1n) is 4.86. The number of nitrogens with zero attached hydrogens (tertiary/aromatic N) is 2. The molecule has 1 aliphatic carbocycles. The Hall–Kier alpha value is -1.19. The summed E-state index contributed by atoms with van der Waals surface area (Å²) in [5.41, 5.74) is 0.423. The van der Waals surface area contributed by atoms with E-state index in [1.807, 2.05) is 0 Å². The SMILES string of the molecule is Cc1ncnc(NC2(C)CCC2)c1F. The maximum Gasteiger partial charge on any atom is 0.186 e. The zero-order chi connectivity index (χ0) is 10.2. The lowest BCUT2D eigenvalue weighted by atomic mass is 9.78. The molecule has 0 atom stereocenters. The normalized spacial score (nSPS) is 18.8. The van der Waals surface area contributed by atoms with Crippen molar-refractivity contribution < 1.29 is 4.39 Å². The van der Waals surface area contributed by atoms with Crippen molar-refractivity contribution in [1.82, 2.24) is 9.97 Å². The van der Waals surface area contributed by atoms with Crippen LogP contribution < -0.4 is 5.32 Å². The molecule has 1 fully saturated rings. The van der Waals surface area contributed by atoms with Gasteiger partial charge in [0.1, 0.15) is 6.33 Å². The van der Waals surface area contributed by atoms with Gasteiger partial charge in [0, 0.05) is 5.54 Å². The van der Waals surface area contributed by atoms with E-state index in [1.165, 1.54) is 12.7 Å². The predicted molar refractivity (Wildman–Crippen MR) is 52.6 cm³/mol. The van der Waals surface area contributed by atoms with Crippen LogP contribution in [0.2, 0.25) is 0 Å². The molecule has 1 N–H and O–H groups in total. The quantitative estimate of drug-likeness (QED) is 0.786. The number of rotatable bonds is 2. The molecular weight excluding hydrogens is 181 g/mol. The van der Waals surface area contributed by atoms with Crippen LogP contribution in [0.5, 0.6) is 0 Å². The van der Waals surface area contributed by atoms with E-state index >= 15 is 0 Å². The van der Waals surface area contributed by atoms with E-state index in [9.17, 15) is 4.39 Å². The van der Waals surface area contributed by atoms with Crippen LogP contribution in [-0.4, -0.2) is 15.5 Å². The molecule has 1 aliphatic rings. The summed E-state index contributed by atoms with van der Waals surface area (Å²) in [5, 5.41) is 3.14. The van der Waals surface area contributed by atoms with Crippen molar-refractivity contribution in [3.63, 3.8) is 0 Å². The van der Waals surface area contributed by atoms with Crippen LogP contribution in [0.1, 0.15) is 31.9 Å². The van der Waals surface area contributed by atoms with E-state index in [2.05, 4.69) is 22.2 Å². The lowest BCUT2D eigenvalue weighted by molar-refractivity contribution is 0.304. The number of hydrogen-bond donors (Lipinski definition) is 1. The minimum Gasteiger partial charge on any atom is -0.362 e. The molecule has 14 heavy (non-hydrogen) atoms. The van der Waals surface area contributed by atoms with Crippen LogP contribution in [0.4, 0.5) is 10.2 Å². The highest BCUT2D eigenvalue weighted by molar-refractivity contribution is 5.40. The predicted octanol–water partition coefficient (Wildman–Crippen LogP) is 2.28. The van der Waals surface area contributed by atoms with Crippen LogP contribution >= 0.6 is 0 Å². The van der Waals surface area contributed by atoms with Gasteiger partial charge in [-0.1, -0.05) is 0 Å². The minimum atomic E-state index is -0.333. The first-order chi connectivity index (χ1) is 6.61. The molecule has 1 saturated carbocycles. The Morgan fingerprint density at radius 2 is 2.14 bits per heavy atom. The standard InChI is InChI=1S/C10H14FN3/c1-7-8(11)9(13-6-12-7)14-10(2)4-3-5-10/h6H,3-5H2,1-2H3,(H,12,13,14). The highest BCUT2D eigenvalue weighted by atomic mass is 19.1. The first kappa shape index (κ1) is 9.37. The van der Waals surface area contributed by atoms with Gasteiger partial charge in [-0.3, -0.25) is 0 Å². The lowest BCUT2D eigenvalue weighted by Gasteiger charge is -2.39. The molecule has 0 radical (unpaired) electrons. The van der Waals surface area contributed by atoms with Crippen LogP contribution in [0.3, 0.4) is 0 Å². The molecule has 0 unspecified atom stereocenters. The zero-order valence-corrected chi connectivity index (χ0v) is 8.47. The summed E-state index contributed by atoms with van der Waals surface area (Å²) < 4.78 is 13.5. The second kappa shape index (κ2) is 3.19. The molecule has 1 aromatic rings. The fourth-order valence-electron chi connectivity index (χ4n) is 1.66. The summed E-state index contributed by atoms with van der Waals surface area (Å²) >= 11 is 0. The summed E-state index contributed by atoms with van der Waals surface area (Å²) in [6.07, 6.45) is 4.75. The summed E-state index contributed by atoms with van der Waals surface area (Å²) in [6.45, 7) is 3.73. The Labute approximate surface area is 82.8 Å². The van der Waals surface area contributed by atoms with Crippen molar-refractivity contribution in [3.8, 4) is 0 Å². The Bertz CT molecular complexity index is 347. The summed E-state index contributed by atoms with van der Waals surface area (Å²) in [5.74, 6) is 0.000301. The minimum absolute atomic E-state index is 0.0294. The van der Waals surface area contributed by atoms with Crippen molar-refractivity contribution >= 4 is 5.82 Å². The van der Waals surface area contributed by atoms with Gasteiger partial charge in [-0.25, -0.2) is 14.4 Å². The van der Waals surface area contributed by atoms with Gasteiger partial charge in [-0.2, -0.15) is 0 Å². The van der Waals surface area contributed by atoms with Crippen molar-refractivity contribution in [2.45, 2.75) is 38.6 Å². The van der Waals surface area contributed by atoms with Gasteiger partial charge >= 0.3 is 0 Å². The maximum atomic E-state index is 13.5. The Kier molecular flexibility index (Phi) is 2.13. The molecule has 2 rings (SSSR count). The maximum absolute atomic E-state index is 13.5. The molecule has 3 nitrogen and oxygen atoms in total. The number of halogens is 1. The first-order valence-corrected chi connectivity index (χ1v) is 4.86. The van der Waals surface area contributed by atoms with Crippen molar-refractivity contribution in [2.75, 3.05) is 5.32 Å². The number of aryl methyl sites for hydroxylation is 1. The van der Waals surface area contributed by atoms with Crippen LogP contribution in [0.15, 0.2) is 6.33 Å². The highest BCUT2D eigenvalue weighted by Gasteiger charge is 2.32. The lowest BCUT2D eigenvalue weighted by Crippen LogP contribution is -2.42. The molecule has 0 amide bonds. The molecule has 0 saturated heterocycles. The van der Waals surface area contributed by atoms with Gasteiger partial charge in [-0.15, -0.1) is 0 Å². The molecule has 0 aromatic carbocycles. The van der Waals surface area contributed by atoms with E-state index in [0.29, 0.717) is 11.5 Å². The number of aromatic nitrogens is 2. The van der Waals surface area contributed by atoms with Crippen LogP contribution in [0, 0.1) is 12.7 Å². The molecule has 1 aromatic heterocycles. The third-order valence-corrected chi connectivity index (χ3v) is 2.84. The summed E-state index contributed by atoms with van der Waals surface area (Å²) in [6, 6.07) is 0. The van der Waals surface area contributed by atoms with E-state index in [1.54, 1.807) is 6.92 Å². The van der Waals surface area contributed by atoms with Crippen molar-refractivity contribution in [2.24, 2.45) is 0 Å².